The second kappa shape index (κ2) is 5.92. The number of nitrogens with one attached hydrogen (secondary N) is 1. The minimum atomic E-state index is -4.27. The molecule has 1 rings (SSSR count). The number of alkyl halides is 3. The number of likely N-dealkylation sites (N-methyl/N-ethyl adjacent to an activating group) is 1. The molecule has 0 fully saturated rings. The van der Waals surface area contributed by atoms with Gasteiger partial charge in [0.15, 0.2) is 0 Å². The van der Waals surface area contributed by atoms with Gasteiger partial charge < -0.3 is 10.2 Å². The highest BCUT2D eigenvalue weighted by molar-refractivity contribution is 5.24. The average Bonchev–Trinajstić information content (AvgIpc) is 2.28. The Morgan fingerprint density at radius 3 is 2.00 bits per heavy atom. The van der Waals surface area contributed by atoms with Crippen LogP contribution in [0.15, 0.2) is 24.3 Å². The van der Waals surface area contributed by atoms with Gasteiger partial charge in [-0.05, 0) is 45.6 Å². The molecule has 1 N–H and O–H groups in total. The van der Waals surface area contributed by atoms with E-state index in [1.54, 1.807) is 0 Å². The quantitative estimate of drug-likeness (QED) is 0.887. The van der Waals surface area contributed by atoms with Gasteiger partial charge in [0.2, 0.25) is 0 Å². The molecule has 1 aromatic carbocycles. The van der Waals surface area contributed by atoms with Crippen LogP contribution >= 0.6 is 0 Å². The predicted molar refractivity (Wildman–Crippen MR) is 70.9 cm³/mol. The van der Waals surface area contributed by atoms with Crippen molar-refractivity contribution >= 4 is 0 Å². The van der Waals surface area contributed by atoms with E-state index in [0.717, 1.165) is 24.2 Å². The lowest BCUT2D eigenvalue weighted by molar-refractivity contribution is -0.137. The number of hydrogen-bond donors (Lipinski definition) is 1. The molecule has 0 aliphatic heterocycles. The molecule has 0 saturated carbocycles. The molecule has 0 aliphatic carbocycles. The van der Waals surface area contributed by atoms with Crippen LogP contribution in [-0.4, -0.2) is 31.1 Å². The predicted octanol–water partition coefficient (Wildman–Crippen LogP) is 3.14. The number of benzene rings is 1. The van der Waals surface area contributed by atoms with Crippen LogP contribution in [0.3, 0.4) is 0 Å². The van der Waals surface area contributed by atoms with Crippen LogP contribution < -0.4 is 5.32 Å². The zero-order chi connectivity index (χ0) is 14.7. The molecule has 0 aromatic heterocycles. The summed E-state index contributed by atoms with van der Waals surface area (Å²) in [5.74, 6) is 0. The molecule has 0 atom stereocenters. The van der Waals surface area contributed by atoms with Crippen LogP contribution in [0.1, 0.15) is 25.0 Å². The Kier molecular flexibility index (Phi) is 4.98. The summed E-state index contributed by atoms with van der Waals surface area (Å²) in [5, 5.41) is 3.26. The fourth-order valence-electron chi connectivity index (χ4n) is 1.48. The summed E-state index contributed by atoms with van der Waals surface area (Å²) < 4.78 is 37.2. The van der Waals surface area contributed by atoms with Crippen molar-refractivity contribution < 1.29 is 13.2 Å². The van der Waals surface area contributed by atoms with E-state index in [-0.39, 0.29) is 5.54 Å². The van der Waals surface area contributed by atoms with Gasteiger partial charge >= 0.3 is 6.18 Å². The van der Waals surface area contributed by atoms with Crippen molar-refractivity contribution in [1.82, 2.24) is 10.2 Å². The Hall–Kier alpha value is -1.07. The Morgan fingerprint density at radius 1 is 1.05 bits per heavy atom. The van der Waals surface area contributed by atoms with Crippen LogP contribution in [0.5, 0.6) is 0 Å². The highest BCUT2D eigenvalue weighted by Gasteiger charge is 2.29. The van der Waals surface area contributed by atoms with E-state index < -0.39 is 11.7 Å². The third-order valence-corrected chi connectivity index (χ3v) is 3.38. The van der Waals surface area contributed by atoms with Gasteiger partial charge in [-0.15, -0.1) is 0 Å². The van der Waals surface area contributed by atoms with Gasteiger partial charge in [0.25, 0.3) is 0 Å². The summed E-state index contributed by atoms with van der Waals surface area (Å²) in [4.78, 5) is 2.10. The third-order valence-electron chi connectivity index (χ3n) is 3.38. The van der Waals surface area contributed by atoms with Crippen molar-refractivity contribution in [3.05, 3.63) is 35.4 Å². The first-order valence-electron chi connectivity index (χ1n) is 6.17. The molecule has 0 bridgehead atoms. The third kappa shape index (κ3) is 4.84. The van der Waals surface area contributed by atoms with E-state index in [2.05, 4.69) is 24.1 Å². The molecule has 108 valence electrons. The van der Waals surface area contributed by atoms with Crippen molar-refractivity contribution in [1.29, 1.82) is 0 Å². The summed E-state index contributed by atoms with van der Waals surface area (Å²) in [6, 6.07) is 5.26. The second-order valence-corrected chi connectivity index (χ2v) is 5.51. The number of hydrogen-bond acceptors (Lipinski definition) is 2. The van der Waals surface area contributed by atoms with Gasteiger partial charge in [0, 0.05) is 18.6 Å². The van der Waals surface area contributed by atoms with Crippen LogP contribution in [0.25, 0.3) is 0 Å². The Bertz CT molecular complexity index is 394. The van der Waals surface area contributed by atoms with Gasteiger partial charge in [0.1, 0.15) is 0 Å². The van der Waals surface area contributed by atoms with E-state index in [9.17, 15) is 13.2 Å². The van der Waals surface area contributed by atoms with Crippen molar-refractivity contribution in [2.45, 2.75) is 32.1 Å². The summed E-state index contributed by atoms with van der Waals surface area (Å²) in [6.45, 7) is 5.54. The molecule has 5 heteroatoms. The minimum absolute atomic E-state index is 0.00586. The van der Waals surface area contributed by atoms with E-state index >= 15 is 0 Å². The van der Waals surface area contributed by atoms with Gasteiger partial charge in [-0.25, -0.2) is 0 Å². The molecular weight excluding hydrogens is 253 g/mol. The van der Waals surface area contributed by atoms with Crippen molar-refractivity contribution in [2.75, 3.05) is 20.6 Å². The first kappa shape index (κ1) is 16.0. The van der Waals surface area contributed by atoms with Crippen LogP contribution in [-0.2, 0) is 12.7 Å². The first-order chi connectivity index (χ1) is 8.63. The minimum Gasteiger partial charge on any atom is -0.311 e. The molecular formula is C14H21F3N2. The fourth-order valence-corrected chi connectivity index (χ4v) is 1.48. The maximum Gasteiger partial charge on any atom is 0.416 e. The van der Waals surface area contributed by atoms with Crippen LogP contribution in [0, 0.1) is 0 Å². The van der Waals surface area contributed by atoms with E-state index in [1.807, 2.05) is 14.1 Å². The zero-order valence-corrected chi connectivity index (χ0v) is 11.8. The lowest BCUT2D eigenvalue weighted by atomic mass is 10.0. The van der Waals surface area contributed by atoms with Crippen molar-refractivity contribution in [2.24, 2.45) is 0 Å². The number of rotatable bonds is 5. The maximum absolute atomic E-state index is 12.4. The number of nitrogens with zero attached hydrogens (tertiary/aromatic N) is 1. The van der Waals surface area contributed by atoms with Gasteiger partial charge in [0.05, 0.1) is 5.56 Å². The molecule has 0 radical (unpaired) electrons. The van der Waals surface area contributed by atoms with E-state index in [4.69, 9.17) is 0 Å². The summed E-state index contributed by atoms with van der Waals surface area (Å²) >= 11 is 0. The molecule has 1 aromatic rings. The van der Waals surface area contributed by atoms with Gasteiger partial charge in [-0.1, -0.05) is 12.1 Å². The largest absolute Gasteiger partial charge is 0.416 e. The molecule has 0 aliphatic rings. The molecule has 19 heavy (non-hydrogen) atoms. The molecule has 0 saturated heterocycles. The summed E-state index contributed by atoms with van der Waals surface area (Å²) in [5.41, 5.74) is 0.249. The standard InChI is InChI=1S/C14H21F3N2/c1-13(2,19(3)4)10-18-9-11-5-7-12(8-6-11)14(15,16)17/h5-8,18H,9-10H2,1-4H3. The maximum atomic E-state index is 12.4. The van der Waals surface area contributed by atoms with Crippen LogP contribution in [0.4, 0.5) is 13.2 Å². The highest BCUT2D eigenvalue weighted by atomic mass is 19.4. The topological polar surface area (TPSA) is 15.3 Å². The zero-order valence-electron chi connectivity index (χ0n) is 11.8. The van der Waals surface area contributed by atoms with Crippen LogP contribution in [0.2, 0.25) is 0 Å². The van der Waals surface area contributed by atoms with E-state index in [1.165, 1.54) is 12.1 Å². The highest BCUT2D eigenvalue weighted by Crippen LogP contribution is 2.29. The average molecular weight is 274 g/mol. The molecule has 0 spiro atoms. The molecule has 0 heterocycles. The SMILES string of the molecule is CN(C)C(C)(C)CNCc1ccc(C(F)(F)F)cc1. The van der Waals surface area contributed by atoms with Gasteiger partial charge in [-0.3, -0.25) is 0 Å². The smallest absolute Gasteiger partial charge is 0.311 e. The normalized spacial score (nSPS) is 13.1. The lowest BCUT2D eigenvalue weighted by Gasteiger charge is -2.32. The molecule has 2 nitrogen and oxygen atoms in total. The first-order valence-corrected chi connectivity index (χ1v) is 6.17. The molecule has 0 amide bonds. The lowest BCUT2D eigenvalue weighted by Crippen LogP contribution is -2.46. The fraction of sp³-hybridized carbons (Fsp3) is 0.571. The summed E-state index contributed by atoms with van der Waals surface area (Å²) in [6.07, 6.45) is -4.27. The summed E-state index contributed by atoms with van der Waals surface area (Å²) in [7, 11) is 4.00. The van der Waals surface area contributed by atoms with Crippen molar-refractivity contribution in [3.8, 4) is 0 Å². The van der Waals surface area contributed by atoms with E-state index in [0.29, 0.717) is 6.54 Å². The molecule has 0 unspecified atom stereocenters. The van der Waals surface area contributed by atoms with Gasteiger partial charge in [-0.2, -0.15) is 13.2 Å². The second-order valence-electron chi connectivity index (χ2n) is 5.51. The Morgan fingerprint density at radius 2 is 1.58 bits per heavy atom. The monoisotopic (exact) mass is 274 g/mol. The Labute approximate surface area is 112 Å². The number of halogens is 3. The Balaban J connectivity index is 2.52. The van der Waals surface area contributed by atoms with Crippen molar-refractivity contribution in [3.63, 3.8) is 0 Å².